The third-order valence-corrected chi connectivity index (χ3v) is 4.07. The minimum atomic E-state index is -0.542. The summed E-state index contributed by atoms with van der Waals surface area (Å²) in [7, 11) is 0. The molecule has 2 heterocycles. The smallest absolute Gasteiger partial charge is 0.257 e. The van der Waals surface area contributed by atoms with E-state index in [2.05, 4.69) is 20.9 Å². The van der Waals surface area contributed by atoms with Gasteiger partial charge in [-0.3, -0.25) is 9.78 Å². The summed E-state index contributed by atoms with van der Waals surface area (Å²) in [5, 5.41) is 0.742. The quantitative estimate of drug-likeness (QED) is 0.786. The molecule has 0 N–H and O–H groups in total. The number of alkyl halides is 1. The van der Waals surface area contributed by atoms with Gasteiger partial charge in [-0.25, -0.2) is 4.39 Å². The van der Waals surface area contributed by atoms with Crippen LogP contribution >= 0.6 is 15.9 Å². The lowest BCUT2D eigenvalue weighted by atomic mass is 10.1. The molecule has 1 unspecified atom stereocenters. The number of amides is 1. The monoisotopic (exact) mass is 314 g/mol. The van der Waals surface area contributed by atoms with Gasteiger partial charge in [0.25, 0.3) is 5.91 Å². The summed E-state index contributed by atoms with van der Waals surface area (Å²) in [6, 6.07) is 1.61. The fourth-order valence-electron chi connectivity index (χ4n) is 2.31. The Bertz CT molecular complexity index is 427. The predicted octanol–water partition coefficient (Wildman–Crippen LogP) is 3.00. The van der Waals surface area contributed by atoms with E-state index in [1.54, 1.807) is 4.90 Å². The summed E-state index contributed by atoms with van der Waals surface area (Å²) >= 11 is 3.45. The molecule has 0 aliphatic carbocycles. The fourth-order valence-corrected chi connectivity index (χ4v) is 2.98. The molecule has 18 heavy (non-hydrogen) atoms. The molecular weight excluding hydrogens is 299 g/mol. The third kappa shape index (κ3) is 2.88. The van der Waals surface area contributed by atoms with Crippen molar-refractivity contribution in [3.8, 4) is 0 Å². The van der Waals surface area contributed by atoms with Crippen molar-refractivity contribution in [1.29, 1.82) is 0 Å². The van der Waals surface area contributed by atoms with Gasteiger partial charge in [-0.1, -0.05) is 28.8 Å². The number of hydrogen-bond donors (Lipinski definition) is 0. The SMILES string of the molecule is O=C(c1ccncc1F)N1CCCCCC1CBr. The molecule has 1 aromatic rings. The molecule has 0 bridgehead atoms. The highest BCUT2D eigenvalue weighted by Crippen LogP contribution is 2.21. The van der Waals surface area contributed by atoms with Gasteiger partial charge in [-0.2, -0.15) is 0 Å². The van der Waals surface area contributed by atoms with Crippen LogP contribution in [0, 0.1) is 5.82 Å². The summed E-state index contributed by atoms with van der Waals surface area (Å²) in [6.07, 6.45) is 6.77. The first kappa shape index (κ1) is 13.5. The Morgan fingerprint density at radius 2 is 2.33 bits per heavy atom. The van der Waals surface area contributed by atoms with E-state index in [0.29, 0.717) is 6.54 Å². The van der Waals surface area contributed by atoms with E-state index in [9.17, 15) is 9.18 Å². The number of carbonyl (C=O) groups is 1. The summed E-state index contributed by atoms with van der Waals surface area (Å²) in [5.74, 6) is -0.763. The molecular formula is C13H16BrFN2O. The molecule has 0 saturated carbocycles. The molecule has 1 amide bonds. The fraction of sp³-hybridized carbons (Fsp3) is 0.538. The van der Waals surface area contributed by atoms with Gasteiger partial charge in [-0.15, -0.1) is 0 Å². The van der Waals surface area contributed by atoms with Gasteiger partial charge < -0.3 is 4.90 Å². The first-order valence-electron chi connectivity index (χ1n) is 6.20. The van der Waals surface area contributed by atoms with E-state index in [1.165, 1.54) is 12.3 Å². The lowest BCUT2D eigenvalue weighted by molar-refractivity contribution is 0.0697. The van der Waals surface area contributed by atoms with Crippen molar-refractivity contribution in [2.45, 2.75) is 31.7 Å². The highest BCUT2D eigenvalue weighted by molar-refractivity contribution is 9.09. The highest BCUT2D eigenvalue weighted by Gasteiger charge is 2.26. The lowest BCUT2D eigenvalue weighted by Crippen LogP contribution is -2.41. The Hall–Kier alpha value is -0.970. The second-order valence-electron chi connectivity index (χ2n) is 4.51. The molecule has 3 nitrogen and oxygen atoms in total. The van der Waals surface area contributed by atoms with Crippen molar-refractivity contribution in [3.05, 3.63) is 29.8 Å². The summed E-state index contributed by atoms with van der Waals surface area (Å²) in [5.41, 5.74) is 0.123. The zero-order chi connectivity index (χ0) is 13.0. The lowest BCUT2D eigenvalue weighted by Gasteiger charge is -2.28. The molecule has 98 valence electrons. The molecule has 1 fully saturated rings. The Kier molecular flexibility index (Phi) is 4.69. The van der Waals surface area contributed by atoms with Crippen LogP contribution < -0.4 is 0 Å². The number of pyridine rings is 1. The standard InChI is InChI=1S/C13H16BrFN2O/c14-8-10-4-2-1-3-7-17(10)13(18)11-5-6-16-9-12(11)15/h5-6,9-10H,1-4,7-8H2. The Balaban J connectivity index is 2.23. The van der Waals surface area contributed by atoms with Crippen LogP contribution in [0.4, 0.5) is 4.39 Å². The van der Waals surface area contributed by atoms with E-state index in [1.807, 2.05) is 0 Å². The van der Waals surface area contributed by atoms with Gasteiger partial charge in [0.2, 0.25) is 0 Å². The van der Waals surface area contributed by atoms with Crippen LogP contribution in [0.3, 0.4) is 0 Å². The van der Waals surface area contributed by atoms with Crippen molar-refractivity contribution in [2.75, 3.05) is 11.9 Å². The third-order valence-electron chi connectivity index (χ3n) is 3.32. The minimum absolute atomic E-state index is 0.123. The number of carbonyl (C=O) groups excluding carboxylic acids is 1. The maximum absolute atomic E-state index is 13.6. The van der Waals surface area contributed by atoms with Gasteiger partial charge in [0.1, 0.15) is 0 Å². The second-order valence-corrected chi connectivity index (χ2v) is 5.16. The Morgan fingerprint density at radius 3 is 3.06 bits per heavy atom. The number of nitrogens with zero attached hydrogens (tertiary/aromatic N) is 2. The van der Waals surface area contributed by atoms with Crippen LogP contribution in [0.1, 0.15) is 36.0 Å². The van der Waals surface area contributed by atoms with Gasteiger partial charge in [0.05, 0.1) is 11.8 Å². The maximum Gasteiger partial charge on any atom is 0.257 e. The molecule has 1 atom stereocenters. The molecule has 1 aromatic heterocycles. The van der Waals surface area contributed by atoms with Crippen LogP contribution in [0.25, 0.3) is 0 Å². The summed E-state index contributed by atoms with van der Waals surface area (Å²) in [6.45, 7) is 0.705. The predicted molar refractivity (Wildman–Crippen MR) is 71.3 cm³/mol. The van der Waals surface area contributed by atoms with Crippen LogP contribution in [0.15, 0.2) is 18.5 Å². The first-order chi connectivity index (χ1) is 8.74. The van der Waals surface area contributed by atoms with Crippen molar-refractivity contribution in [1.82, 2.24) is 9.88 Å². The molecule has 0 radical (unpaired) electrons. The largest absolute Gasteiger partial charge is 0.335 e. The van der Waals surface area contributed by atoms with E-state index >= 15 is 0 Å². The summed E-state index contributed by atoms with van der Waals surface area (Å²) in [4.78, 5) is 17.8. The number of likely N-dealkylation sites (tertiary alicyclic amines) is 1. The van der Waals surface area contributed by atoms with Gasteiger partial charge in [-0.05, 0) is 18.9 Å². The molecule has 1 saturated heterocycles. The first-order valence-corrected chi connectivity index (χ1v) is 7.32. The molecule has 1 aliphatic heterocycles. The number of halogens is 2. The van der Waals surface area contributed by atoms with E-state index < -0.39 is 5.82 Å². The zero-order valence-electron chi connectivity index (χ0n) is 10.1. The number of hydrogen-bond acceptors (Lipinski definition) is 2. The van der Waals surface area contributed by atoms with Crippen LogP contribution in [0.5, 0.6) is 0 Å². The van der Waals surface area contributed by atoms with Crippen molar-refractivity contribution < 1.29 is 9.18 Å². The van der Waals surface area contributed by atoms with Crippen LogP contribution in [0.2, 0.25) is 0 Å². The van der Waals surface area contributed by atoms with Crippen molar-refractivity contribution >= 4 is 21.8 Å². The van der Waals surface area contributed by atoms with E-state index in [-0.39, 0.29) is 17.5 Å². The van der Waals surface area contributed by atoms with Crippen molar-refractivity contribution in [2.24, 2.45) is 0 Å². The Labute approximate surface area is 115 Å². The molecule has 0 aromatic carbocycles. The molecule has 2 rings (SSSR count). The molecule has 1 aliphatic rings. The zero-order valence-corrected chi connectivity index (χ0v) is 11.7. The van der Waals surface area contributed by atoms with Gasteiger partial charge in [0, 0.05) is 24.1 Å². The number of rotatable bonds is 2. The van der Waals surface area contributed by atoms with Crippen molar-refractivity contribution in [3.63, 3.8) is 0 Å². The topological polar surface area (TPSA) is 33.2 Å². The second kappa shape index (κ2) is 6.27. The normalized spacial score (nSPS) is 20.6. The molecule has 0 spiro atoms. The minimum Gasteiger partial charge on any atom is -0.335 e. The average Bonchev–Trinajstić information content (AvgIpc) is 2.63. The maximum atomic E-state index is 13.6. The summed E-state index contributed by atoms with van der Waals surface area (Å²) < 4.78 is 13.6. The Morgan fingerprint density at radius 1 is 1.50 bits per heavy atom. The number of aromatic nitrogens is 1. The van der Waals surface area contributed by atoms with Gasteiger partial charge >= 0.3 is 0 Å². The van der Waals surface area contributed by atoms with Gasteiger partial charge in [0.15, 0.2) is 5.82 Å². The van der Waals surface area contributed by atoms with E-state index in [4.69, 9.17) is 0 Å². The van der Waals surface area contributed by atoms with Crippen LogP contribution in [-0.4, -0.2) is 33.7 Å². The van der Waals surface area contributed by atoms with Crippen LogP contribution in [-0.2, 0) is 0 Å². The molecule has 5 heteroatoms. The highest BCUT2D eigenvalue weighted by atomic mass is 79.9. The average molecular weight is 315 g/mol. The van der Waals surface area contributed by atoms with E-state index in [0.717, 1.165) is 37.2 Å².